The van der Waals surface area contributed by atoms with Crippen molar-refractivity contribution in [1.29, 1.82) is 0 Å². The summed E-state index contributed by atoms with van der Waals surface area (Å²) in [4.78, 5) is 24.4. The van der Waals surface area contributed by atoms with E-state index in [-0.39, 0.29) is 5.70 Å². The molecule has 2 rings (SSSR count). The first-order chi connectivity index (χ1) is 12.5. The van der Waals surface area contributed by atoms with E-state index in [0.717, 1.165) is 0 Å². The standard InChI is InChI=1S/C18H18ClN3O4/c1-25-15-8-3-11(10-16(15)26-2)9-14(18(24)22-20)21-17(23)12-4-6-13(19)7-5-12/h3-10H,20H2,1-2H3,(H,21,23)(H,22,24)/b14-9+. The van der Waals surface area contributed by atoms with Crippen LogP contribution in [0.25, 0.3) is 6.08 Å². The maximum atomic E-state index is 12.3. The van der Waals surface area contributed by atoms with Crippen LogP contribution in [0.15, 0.2) is 48.2 Å². The lowest BCUT2D eigenvalue weighted by molar-refractivity contribution is -0.117. The van der Waals surface area contributed by atoms with E-state index in [1.54, 1.807) is 42.5 Å². The van der Waals surface area contributed by atoms with E-state index in [1.807, 2.05) is 5.43 Å². The van der Waals surface area contributed by atoms with Crippen LogP contribution in [0.4, 0.5) is 0 Å². The third kappa shape index (κ3) is 4.75. The molecule has 7 nitrogen and oxygen atoms in total. The SMILES string of the molecule is COc1ccc(/C=C(/NC(=O)c2ccc(Cl)cc2)C(=O)NN)cc1OC. The van der Waals surface area contributed by atoms with Gasteiger partial charge in [-0.05, 0) is 48.0 Å². The third-order valence-electron chi connectivity index (χ3n) is 3.45. The van der Waals surface area contributed by atoms with E-state index in [4.69, 9.17) is 26.9 Å². The number of rotatable bonds is 6. The second kappa shape index (κ2) is 8.89. The fraction of sp³-hybridized carbons (Fsp3) is 0.111. The molecule has 0 aliphatic carbocycles. The van der Waals surface area contributed by atoms with Crippen molar-refractivity contribution in [2.75, 3.05) is 14.2 Å². The van der Waals surface area contributed by atoms with E-state index in [9.17, 15) is 9.59 Å². The van der Waals surface area contributed by atoms with Crippen LogP contribution in [0, 0.1) is 0 Å². The van der Waals surface area contributed by atoms with Crippen molar-refractivity contribution in [2.24, 2.45) is 5.84 Å². The summed E-state index contributed by atoms with van der Waals surface area (Å²) in [6.07, 6.45) is 1.47. The molecule has 0 spiro atoms. The molecule has 0 fully saturated rings. The zero-order valence-electron chi connectivity index (χ0n) is 14.2. The number of nitrogens with two attached hydrogens (primary N) is 1. The Morgan fingerprint density at radius 2 is 1.69 bits per heavy atom. The molecule has 0 atom stereocenters. The van der Waals surface area contributed by atoms with Gasteiger partial charge in [0.1, 0.15) is 5.70 Å². The molecule has 4 N–H and O–H groups in total. The molecule has 8 heteroatoms. The third-order valence-corrected chi connectivity index (χ3v) is 3.70. The highest BCUT2D eigenvalue weighted by Gasteiger charge is 2.14. The summed E-state index contributed by atoms with van der Waals surface area (Å²) in [5.74, 6) is 5.11. The lowest BCUT2D eigenvalue weighted by Crippen LogP contribution is -2.38. The molecule has 136 valence electrons. The molecule has 0 saturated carbocycles. The molecule has 2 amide bonds. The number of ether oxygens (including phenoxy) is 2. The quantitative estimate of drug-likeness (QED) is 0.310. The Hall–Kier alpha value is -3.03. The number of carbonyl (C=O) groups is 2. The molecule has 0 heterocycles. The van der Waals surface area contributed by atoms with Crippen LogP contribution in [0.1, 0.15) is 15.9 Å². The van der Waals surface area contributed by atoms with Gasteiger partial charge in [0.2, 0.25) is 0 Å². The molecule has 2 aromatic carbocycles. The van der Waals surface area contributed by atoms with Gasteiger partial charge in [-0.25, -0.2) is 5.84 Å². The number of amides is 2. The smallest absolute Gasteiger partial charge is 0.281 e. The van der Waals surface area contributed by atoms with E-state index in [2.05, 4.69) is 5.32 Å². The number of methoxy groups -OCH3 is 2. The van der Waals surface area contributed by atoms with Crippen LogP contribution in [-0.4, -0.2) is 26.0 Å². The first-order valence-corrected chi connectivity index (χ1v) is 7.88. The Bertz CT molecular complexity index is 835. The number of hydrazine groups is 1. The number of hydrogen-bond donors (Lipinski definition) is 3. The lowest BCUT2D eigenvalue weighted by atomic mass is 10.1. The summed E-state index contributed by atoms with van der Waals surface area (Å²) in [5, 5.41) is 3.04. The Kier molecular flexibility index (Phi) is 6.60. The van der Waals surface area contributed by atoms with Crippen LogP contribution in [0.3, 0.4) is 0 Å². The lowest BCUT2D eigenvalue weighted by Gasteiger charge is -2.11. The molecule has 0 bridgehead atoms. The van der Waals surface area contributed by atoms with Gasteiger partial charge in [-0.15, -0.1) is 0 Å². The van der Waals surface area contributed by atoms with Gasteiger partial charge in [0.25, 0.3) is 11.8 Å². The Morgan fingerprint density at radius 1 is 1.04 bits per heavy atom. The maximum Gasteiger partial charge on any atom is 0.281 e. The summed E-state index contributed by atoms with van der Waals surface area (Å²) in [5.41, 5.74) is 2.93. The summed E-state index contributed by atoms with van der Waals surface area (Å²) in [6.45, 7) is 0. The first-order valence-electron chi connectivity index (χ1n) is 7.50. The normalized spacial score (nSPS) is 10.8. The van der Waals surface area contributed by atoms with Crippen molar-refractivity contribution in [3.8, 4) is 11.5 Å². The fourth-order valence-electron chi connectivity index (χ4n) is 2.14. The topological polar surface area (TPSA) is 103 Å². The van der Waals surface area contributed by atoms with E-state index < -0.39 is 11.8 Å². The highest BCUT2D eigenvalue weighted by atomic mass is 35.5. The van der Waals surface area contributed by atoms with Gasteiger partial charge in [-0.1, -0.05) is 17.7 Å². The van der Waals surface area contributed by atoms with Gasteiger partial charge < -0.3 is 14.8 Å². The van der Waals surface area contributed by atoms with Crippen molar-refractivity contribution in [3.63, 3.8) is 0 Å². The van der Waals surface area contributed by atoms with E-state index >= 15 is 0 Å². The number of carbonyl (C=O) groups excluding carboxylic acids is 2. The molecule has 2 aromatic rings. The van der Waals surface area contributed by atoms with Crippen molar-refractivity contribution >= 4 is 29.5 Å². The molecular weight excluding hydrogens is 358 g/mol. The number of nitrogens with one attached hydrogen (secondary N) is 2. The highest BCUT2D eigenvalue weighted by molar-refractivity contribution is 6.30. The van der Waals surface area contributed by atoms with Crippen LogP contribution in [0.5, 0.6) is 11.5 Å². The minimum absolute atomic E-state index is 0.0281. The predicted octanol–water partition coefficient (Wildman–Crippen LogP) is 2.12. The van der Waals surface area contributed by atoms with Crippen LogP contribution in [0.2, 0.25) is 5.02 Å². The molecule has 0 aliphatic heterocycles. The highest BCUT2D eigenvalue weighted by Crippen LogP contribution is 2.28. The van der Waals surface area contributed by atoms with Gasteiger partial charge in [-0.2, -0.15) is 0 Å². The molecule has 0 unspecified atom stereocenters. The van der Waals surface area contributed by atoms with Gasteiger partial charge in [0, 0.05) is 10.6 Å². The summed E-state index contributed by atoms with van der Waals surface area (Å²) >= 11 is 5.81. The second-order valence-corrected chi connectivity index (χ2v) is 5.54. The zero-order valence-corrected chi connectivity index (χ0v) is 15.0. The summed E-state index contributed by atoms with van der Waals surface area (Å²) < 4.78 is 10.4. The van der Waals surface area contributed by atoms with Crippen LogP contribution < -0.4 is 26.1 Å². The minimum Gasteiger partial charge on any atom is -0.493 e. The van der Waals surface area contributed by atoms with E-state index in [0.29, 0.717) is 27.6 Å². The van der Waals surface area contributed by atoms with Crippen molar-refractivity contribution < 1.29 is 19.1 Å². The van der Waals surface area contributed by atoms with Gasteiger partial charge >= 0.3 is 0 Å². The van der Waals surface area contributed by atoms with E-state index in [1.165, 1.54) is 20.3 Å². The van der Waals surface area contributed by atoms with Crippen LogP contribution in [-0.2, 0) is 4.79 Å². The minimum atomic E-state index is -0.651. The molecule has 0 saturated heterocycles. The van der Waals surface area contributed by atoms with Crippen molar-refractivity contribution in [2.45, 2.75) is 0 Å². The largest absolute Gasteiger partial charge is 0.493 e. The van der Waals surface area contributed by atoms with Gasteiger partial charge in [0.05, 0.1) is 14.2 Å². The second-order valence-electron chi connectivity index (χ2n) is 5.11. The van der Waals surface area contributed by atoms with Crippen LogP contribution >= 0.6 is 11.6 Å². The summed E-state index contributed by atoms with van der Waals surface area (Å²) in [6, 6.07) is 11.3. The Labute approximate surface area is 155 Å². The average molecular weight is 376 g/mol. The molecule has 0 aliphatic rings. The van der Waals surface area contributed by atoms with Gasteiger partial charge in [-0.3, -0.25) is 15.0 Å². The zero-order chi connectivity index (χ0) is 19.1. The first kappa shape index (κ1) is 19.3. The number of halogens is 1. The monoisotopic (exact) mass is 375 g/mol. The van der Waals surface area contributed by atoms with Gasteiger partial charge in [0.15, 0.2) is 11.5 Å². The molecule has 0 aromatic heterocycles. The predicted molar refractivity (Wildman–Crippen MR) is 98.8 cm³/mol. The average Bonchev–Trinajstić information content (AvgIpc) is 2.67. The molecular formula is C18H18ClN3O4. The Morgan fingerprint density at radius 3 is 2.27 bits per heavy atom. The molecule has 0 radical (unpaired) electrons. The number of hydrogen-bond acceptors (Lipinski definition) is 5. The number of benzene rings is 2. The molecule has 26 heavy (non-hydrogen) atoms. The summed E-state index contributed by atoms with van der Waals surface area (Å²) in [7, 11) is 3.02. The Balaban J connectivity index is 2.32. The maximum absolute atomic E-state index is 12.3. The fourth-order valence-corrected chi connectivity index (χ4v) is 2.27. The van der Waals surface area contributed by atoms with Crippen molar-refractivity contribution in [3.05, 3.63) is 64.3 Å². The van der Waals surface area contributed by atoms with Crippen molar-refractivity contribution in [1.82, 2.24) is 10.7 Å².